The van der Waals surface area contributed by atoms with Gasteiger partial charge in [0.2, 0.25) is 0 Å². The van der Waals surface area contributed by atoms with Crippen molar-refractivity contribution < 1.29 is 4.39 Å². The molecule has 0 spiro atoms. The maximum atomic E-state index is 13.7. The van der Waals surface area contributed by atoms with Crippen LogP contribution in [0.15, 0.2) is 24.4 Å². The summed E-state index contributed by atoms with van der Waals surface area (Å²) in [5.41, 5.74) is 1.69. The number of aryl methyl sites for hydroxylation is 1. The van der Waals surface area contributed by atoms with Gasteiger partial charge in [0.1, 0.15) is 11.5 Å². The molecule has 2 nitrogen and oxygen atoms in total. The van der Waals surface area contributed by atoms with Gasteiger partial charge in [0.15, 0.2) is 0 Å². The molecule has 0 fully saturated rings. The fourth-order valence-corrected chi connectivity index (χ4v) is 1.82. The molecule has 1 aromatic carbocycles. The Kier molecular flexibility index (Phi) is 3.17. The Morgan fingerprint density at radius 2 is 2.19 bits per heavy atom. The summed E-state index contributed by atoms with van der Waals surface area (Å²) in [7, 11) is 0. The molecule has 0 N–H and O–H groups in total. The minimum atomic E-state index is -0.364. The van der Waals surface area contributed by atoms with E-state index in [2.05, 4.69) is 5.10 Å². The Hall–Kier alpha value is -1.06. The first kappa shape index (κ1) is 11.4. The Balaban J connectivity index is 2.62. The predicted octanol–water partition coefficient (Wildman–Crippen LogP) is 3.71. The van der Waals surface area contributed by atoms with E-state index in [-0.39, 0.29) is 11.7 Å². The molecule has 0 saturated carbocycles. The molecule has 0 radical (unpaired) electrons. The van der Waals surface area contributed by atoms with Crippen molar-refractivity contribution in [1.29, 1.82) is 0 Å². The Morgan fingerprint density at radius 3 is 2.75 bits per heavy atom. The van der Waals surface area contributed by atoms with Gasteiger partial charge in [-0.25, -0.2) is 9.07 Å². The van der Waals surface area contributed by atoms with Crippen molar-refractivity contribution in [2.75, 3.05) is 0 Å². The van der Waals surface area contributed by atoms with Crippen LogP contribution >= 0.6 is 23.2 Å². The minimum Gasteiger partial charge on any atom is -0.236 e. The van der Waals surface area contributed by atoms with Gasteiger partial charge in [-0.3, -0.25) is 0 Å². The van der Waals surface area contributed by atoms with Crippen molar-refractivity contribution in [2.24, 2.45) is 0 Å². The van der Waals surface area contributed by atoms with E-state index >= 15 is 0 Å². The van der Waals surface area contributed by atoms with Crippen LogP contribution in [0.25, 0.3) is 5.69 Å². The van der Waals surface area contributed by atoms with Crippen LogP contribution in [-0.2, 0) is 5.88 Å². The van der Waals surface area contributed by atoms with Crippen molar-refractivity contribution in [3.05, 3.63) is 46.5 Å². The molecule has 0 unspecified atom stereocenters. The molecule has 0 aliphatic carbocycles. The van der Waals surface area contributed by atoms with E-state index < -0.39 is 0 Å². The summed E-state index contributed by atoms with van der Waals surface area (Å²) in [5.74, 6) is -0.138. The normalized spacial score (nSPS) is 10.8. The van der Waals surface area contributed by atoms with E-state index in [1.165, 1.54) is 10.7 Å². The lowest BCUT2D eigenvalue weighted by atomic mass is 10.2. The Bertz CT molecular complexity index is 503. The molecule has 0 aliphatic rings. The molecule has 0 saturated heterocycles. The fourth-order valence-electron chi connectivity index (χ4n) is 1.48. The van der Waals surface area contributed by atoms with Crippen molar-refractivity contribution in [1.82, 2.24) is 9.78 Å². The zero-order chi connectivity index (χ0) is 11.7. The molecule has 2 aromatic rings. The SMILES string of the molecule is Cc1nn(-c2c(F)cccc2CCl)cc1Cl. The number of benzene rings is 1. The van der Waals surface area contributed by atoms with Crippen molar-refractivity contribution >= 4 is 23.2 Å². The van der Waals surface area contributed by atoms with Crippen LogP contribution in [0, 0.1) is 12.7 Å². The van der Waals surface area contributed by atoms with Gasteiger partial charge in [0, 0.05) is 12.1 Å². The monoisotopic (exact) mass is 258 g/mol. The third kappa shape index (κ3) is 1.93. The van der Waals surface area contributed by atoms with E-state index in [1.54, 1.807) is 25.3 Å². The van der Waals surface area contributed by atoms with Crippen LogP contribution in [0.3, 0.4) is 0 Å². The molecule has 2 rings (SSSR count). The largest absolute Gasteiger partial charge is 0.236 e. The van der Waals surface area contributed by atoms with Crippen LogP contribution in [-0.4, -0.2) is 9.78 Å². The number of halogens is 3. The molecule has 0 amide bonds. The van der Waals surface area contributed by atoms with Crippen molar-refractivity contribution in [3.63, 3.8) is 0 Å². The van der Waals surface area contributed by atoms with Crippen molar-refractivity contribution in [2.45, 2.75) is 12.8 Å². The molecule has 16 heavy (non-hydrogen) atoms. The summed E-state index contributed by atoms with van der Waals surface area (Å²) >= 11 is 11.6. The topological polar surface area (TPSA) is 17.8 Å². The Labute approximate surface area is 103 Å². The van der Waals surface area contributed by atoms with Gasteiger partial charge in [-0.05, 0) is 18.6 Å². The fraction of sp³-hybridized carbons (Fsp3) is 0.182. The number of rotatable bonds is 2. The molecule has 1 aromatic heterocycles. The second-order valence-electron chi connectivity index (χ2n) is 3.39. The predicted molar refractivity (Wildman–Crippen MR) is 62.8 cm³/mol. The van der Waals surface area contributed by atoms with E-state index in [0.717, 1.165) is 0 Å². The lowest BCUT2D eigenvalue weighted by Crippen LogP contribution is -2.02. The number of para-hydroxylation sites is 1. The summed E-state index contributed by atoms with van der Waals surface area (Å²) in [4.78, 5) is 0. The summed E-state index contributed by atoms with van der Waals surface area (Å²) in [6.07, 6.45) is 1.57. The molecule has 5 heteroatoms. The summed E-state index contributed by atoms with van der Waals surface area (Å²) in [5, 5.41) is 4.64. The highest BCUT2D eigenvalue weighted by Crippen LogP contribution is 2.22. The highest BCUT2D eigenvalue weighted by molar-refractivity contribution is 6.31. The zero-order valence-corrected chi connectivity index (χ0v) is 10.1. The van der Waals surface area contributed by atoms with Gasteiger partial charge in [0.25, 0.3) is 0 Å². The highest BCUT2D eigenvalue weighted by Gasteiger charge is 2.12. The number of nitrogens with zero attached hydrogens (tertiary/aromatic N) is 2. The van der Waals surface area contributed by atoms with Crippen LogP contribution in [0.1, 0.15) is 11.3 Å². The smallest absolute Gasteiger partial charge is 0.149 e. The molecule has 1 heterocycles. The summed E-state index contributed by atoms with van der Waals surface area (Å²) in [6, 6.07) is 4.75. The van der Waals surface area contributed by atoms with Crippen LogP contribution in [0.2, 0.25) is 5.02 Å². The maximum absolute atomic E-state index is 13.7. The number of hydrogen-bond acceptors (Lipinski definition) is 1. The molecule has 0 atom stereocenters. The van der Waals surface area contributed by atoms with E-state index in [9.17, 15) is 4.39 Å². The summed E-state index contributed by atoms with van der Waals surface area (Å²) in [6.45, 7) is 1.76. The van der Waals surface area contributed by atoms with Crippen LogP contribution in [0.4, 0.5) is 4.39 Å². The van der Waals surface area contributed by atoms with Crippen LogP contribution in [0.5, 0.6) is 0 Å². The quantitative estimate of drug-likeness (QED) is 0.751. The van der Waals surface area contributed by atoms with Gasteiger partial charge in [-0.2, -0.15) is 5.10 Å². The maximum Gasteiger partial charge on any atom is 0.149 e. The molecular weight excluding hydrogens is 250 g/mol. The summed E-state index contributed by atoms with van der Waals surface area (Å²) < 4.78 is 15.1. The second-order valence-corrected chi connectivity index (χ2v) is 4.06. The van der Waals surface area contributed by atoms with E-state index in [4.69, 9.17) is 23.2 Å². The average molecular weight is 259 g/mol. The highest BCUT2D eigenvalue weighted by atomic mass is 35.5. The minimum absolute atomic E-state index is 0.226. The first-order chi connectivity index (χ1) is 7.63. The first-order valence-corrected chi connectivity index (χ1v) is 5.60. The number of aromatic nitrogens is 2. The first-order valence-electron chi connectivity index (χ1n) is 4.69. The number of hydrogen-bond donors (Lipinski definition) is 0. The molecule has 0 aliphatic heterocycles. The van der Waals surface area contributed by atoms with E-state index in [1.807, 2.05) is 0 Å². The third-order valence-corrected chi connectivity index (χ3v) is 2.94. The average Bonchev–Trinajstić information content (AvgIpc) is 2.58. The second kappa shape index (κ2) is 4.44. The molecule has 84 valence electrons. The zero-order valence-electron chi connectivity index (χ0n) is 8.54. The van der Waals surface area contributed by atoms with Crippen molar-refractivity contribution in [3.8, 4) is 5.69 Å². The molecular formula is C11H9Cl2FN2. The van der Waals surface area contributed by atoms with Gasteiger partial charge in [-0.15, -0.1) is 11.6 Å². The van der Waals surface area contributed by atoms with E-state index in [0.29, 0.717) is 22.0 Å². The lowest BCUT2D eigenvalue weighted by Gasteiger charge is -2.07. The van der Waals surface area contributed by atoms with Crippen LogP contribution < -0.4 is 0 Å². The van der Waals surface area contributed by atoms with Gasteiger partial charge < -0.3 is 0 Å². The van der Waals surface area contributed by atoms with Gasteiger partial charge in [0.05, 0.1) is 10.7 Å². The Morgan fingerprint density at radius 1 is 1.44 bits per heavy atom. The standard InChI is InChI=1S/C11H9Cl2FN2/c1-7-9(13)6-16(15-7)11-8(5-12)3-2-4-10(11)14/h2-4,6H,5H2,1H3. The molecule has 0 bridgehead atoms. The van der Waals surface area contributed by atoms with Gasteiger partial charge >= 0.3 is 0 Å². The third-order valence-electron chi connectivity index (χ3n) is 2.28. The lowest BCUT2D eigenvalue weighted by molar-refractivity contribution is 0.608. The number of alkyl halides is 1. The van der Waals surface area contributed by atoms with Gasteiger partial charge in [-0.1, -0.05) is 23.7 Å².